The van der Waals surface area contributed by atoms with Crippen LogP contribution in [0.5, 0.6) is 0 Å². The summed E-state index contributed by atoms with van der Waals surface area (Å²) < 4.78 is 65.3. The molecule has 0 atom stereocenters. The van der Waals surface area contributed by atoms with E-state index in [2.05, 4.69) is 5.32 Å². The van der Waals surface area contributed by atoms with Gasteiger partial charge >= 0.3 is 0 Å². The number of rotatable bonds is 4. The largest absolute Gasteiger partial charge is 0.321 e. The Morgan fingerprint density at radius 2 is 1.33 bits per heavy atom. The number of carbonyl (C=O) groups is 1. The lowest BCUT2D eigenvalue weighted by atomic mass is 10.1. The van der Waals surface area contributed by atoms with Crippen LogP contribution in [0.25, 0.3) is 0 Å². The van der Waals surface area contributed by atoms with Crippen LogP contribution in [0.3, 0.4) is 0 Å². The average molecular weight is 310 g/mol. The van der Waals surface area contributed by atoms with Crippen LogP contribution in [0.2, 0.25) is 0 Å². The van der Waals surface area contributed by atoms with E-state index in [9.17, 15) is 26.7 Å². The summed E-state index contributed by atoms with van der Waals surface area (Å²) in [4.78, 5) is 11.5. The Kier molecular flexibility index (Phi) is 5.27. The average Bonchev–Trinajstić information content (AvgIpc) is 2.38. The van der Waals surface area contributed by atoms with Crippen molar-refractivity contribution < 1.29 is 26.7 Å². The molecule has 0 saturated carbocycles. The van der Waals surface area contributed by atoms with Crippen LogP contribution in [-0.2, 0) is 4.79 Å². The number of hydrogen-bond donors (Lipinski definition) is 2. The van der Waals surface area contributed by atoms with Gasteiger partial charge in [0.05, 0.1) is 0 Å². The van der Waals surface area contributed by atoms with Crippen molar-refractivity contribution in [3.8, 4) is 0 Å². The van der Waals surface area contributed by atoms with Gasteiger partial charge in [-0.25, -0.2) is 22.0 Å². The standard InChI is InChI=1S/C13H15F5N2O/c1-13(2,3)19-5-4-6(21)20-12-10(17)8(15)7(14)9(16)11(12)18/h19H,4-5H2,1-3H3,(H,20,21). The van der Waals surface area contributed by atoms with Crippen molar-refractivity contribution in [3.63, 3.8) is 0 Å². The smallest absolute Gasteiger partial charge is 0.225 e. The quantitative estimate of drug-likeness (QED) is 0.510. The Labute approximate surface area is 118 Å². The minimum Gasteiger partial charge on any atom is -0.321 e. The Morgan fingerprint density at radius 1 is 0.905 bits per heavy atom. The van der Waals surface area contributed by atoms with Gasteiger partial charge in [-0.1, -0.05) is 0 Å². The molecule has 0 spiro atoms. The van der Waals surface area contributed by atoms with Crippen molar-refractivity contribution in [2.75, 3.05) is 11.9 Å². The van der Waals surface area contributed by atoms with Gasteiger partial charge in [-0.05, 0) is 20.8 Å². The van der Waals surface area contributed by atoms with E-state index < -0.39 is 40.7 Å². The maximum Gasteiger partial charge on any atom is 0.225 e. The van der Waals surface area contributed by atoms with Crippen LogP contribution >= 0.6 is 0 Å². The summed E-state index contributed by atoms with van der Waals surface area (Å²) in [6.45, 7) is 5.71. The molecule has 2 N–H and O–H groups in total. The maximum atomic E-state index is 13.3. The molecular formula is C13H15F5N2O. The number of amides is 1. The Hall–Kier alpha value is -1.70. The fourth-order valence-corrected chi connectivity index (χ4v) is 1.47. The van der Waals surface area contributed by atoms with E-state index in [0.717, 1.165) is 0 Å². The summed E-state index contributed by atoms with van der Waals surface area (Å²) >= 11 is 0. The zero-order chi connectivity index (χ0) is 16.4. The first kappa shape index (κ1) is 17.4. The van der Waals surface area contributed by atoms with Gasteiger partial charge in [0.25, 0.3) is 0 Å². The van der Waals surface area contributed by atoms with Crippen molar-refractivity contribution in [1.29, 1.82) is 0 Å². The van der Waals surface area contributed by atoms with Gasteiger partial charge in [0, 0.05) is 18.5 Å². The number of nitrogens with one attached hydrogen (secondary N) is 2. The van der Waals surface area contributed by atoms with Crippen molar-refractivity contribution in [2.24, 2.45) is 0 Å². The first-order chi connectivity index (χ1) is 9.54. The monoisotopic (exact) mass is 310 g/mol. The van der Waals surface area contributed by atoms with Crippen LogP contribution in [-0.4, -0.2) is 18.0 Å². The van der Waals surface area contributed by atoms with Gasteiger partial charge < -0.3 is 10.6 Å². The van der Waals surface area contributed by atoms with Crippen molar-refractivity contribution in [3.05, 3.63) is 29.1 Å². The highest BCUT2D eigenvalue weighted by molar-refractivity contribution is 5.91. The number of carbonyl (C=O) groups excluding carboxylic acids is 1. The van der Waals surface area contributed by atoms with Crippen LogP contribution in [0.1, 0.15) is 27.2 Å². The summed E-state index contributed by atoms with van der Waals surface area (Å²) in [6.07, 6.45) is -0.184. The maximum absolute atomic E-state index is 13.3. The first-order valence-electron chi connectivity index (χ1n) is 6.11. The lowest BCUT2D eigenvalue weighted by Gasteiger charge is -2.20. The third-order valence-electron chi connectivity index (χ3n) is 2.48. The van der Waals surface area contributed by atoms with Crippen molar-refractivity contribution >= 4 is 11.6 Å². The van der Waals surface area contributed by atoms with Crippen LogP contribution in [0, 0.1) is 29.1 Å². The van der Waals surface area contributed by atoms with Crippen molar-refractivity contribution in [2.45, 2.75) is 32.7 Å². The predicted molar refractivity (Wildman–Crippen MR) is 67.2 cm³/mol. The topological polar surface area (TPSA) is 41.1 Å². The molecular weight excluding hydrogens is 295 g/mol. The lowest BCUT2D eigenvalue weighted by molar-refractivity contribution is -0.116. The minimum absolute atomic E-state index is 0.184. The van der Waals surface area contributed by atoms with Crippen LogP contribution < -0.4 is 10.6 Å². The fourth-order valence-electron chi connectivity index (χ4n) is 1.47. The summed E-state index contributed by atoms with van der Waals surface area (Å²) in [5.74, 6) is -11.5. The predicted octanol–water partition coefficient (Wildman–Crippen LogP) is 3.10. The van der Waals surface area contributed by atoms with Crippen molar-refractivity contribution in [1.82, 2.24) is 5.32 Å². The number of benzene rings is 1. The summed E-state index contributed by atoms with van der Waals surface area (Å²) in [5.41, 5.74) is -1.61. The summed E-state index contributed by atoms with van der Waals surface area (Å²) in [6, 6.07) is 0. The number of halogens is 5. The molecule has 21 heavy (non-hydrogen) atoms. The van der Waals surface area contributed by atoms with E-state index in [1.807, 2.05) is 20.8 Å². The highest BCUT2D eigenvalue weighted by atomic mass is 19.2. The molecule has 0 fully saturated rings. The molecule has 1 aromatic rings. The van der Waals surface area contributed by atoms with E-state index in [1.165, 1.54) is 0 Å². The first-order valence-corrected chi connectivity index (χ1v) is 6.11. The second kappa shape index (κ2) is 6.38. The Bertz CT molecular complexity index is 525. The summed E-state index contributed by atoms with van der Waals surface area (Å²) in [7, 11) is 0. The third kappa shape index (κ3) is 4.38. The molecule has 0 aliphatic heterocycles. The second-order valence-corrected chi connectivity index (χ2v) is 5.42. The van der Waals surface area contributed by atoms with E-state index in [0.29, 0.717) is 0 Å². The second-order valence-electron chi connectivity index (χ2n) is 5.42. The molecule has 0 aliphatic rings. The van der Waals surface area contributed by atoms with Gasteiger partial charge in [-0.3, -0.25) is 4.79 Å². The molecule has 0 heterocycles. The number of anilines is 1. The molecule has 0 radical (unpaired) electrons. The molecule has 1 amide bonds. The van der Waals surface area contributed by atoms with E-state index in [4.69, 9.17) is 0 Å². The van der Waals surface area contributed by atoms with Crippen LogP contribution in [0.15, 0.2) is 0 Å². The van der Waals surface area contributed by atoms with E-state index in [1.54, 1.807) is 5.32 Å². The fraction of sp³-hybridized carbons (Fsp3) is 0.462. The lowest BCUT2D eigenvalue weighted by Crippen LogP contribution is -2.37. The molecule has 0 saturated heterocycles. The highest BCUT2D eigenvalue weighted by Crippen LogP contribution is 2.27. The molecule has 0 aromatic heterocycles. The molecule has 0 unspecified atom stereocenters. The normalized spacial score (nSPS) is 11.6. The molecule has 1 rings (SSSR count). The van der Waals surface area contributed by atoms with Gasteiger partial charge in [0.1, 0.15) is 5.69 Å². The number of hydrogen-bond acceptors (Lipinski definition) is 2. The van der Waals surface area contributed by atoms with Gasteiger partial charge in [-0.2, -0.15) is 0 Å². The van der Waals surface area contributed by atoms with E-state index >= 15 is 0 Å². The molecule has 118 valence electrons. The molecule has 3 nitrogen and oxygen atoms in total. The SMILES string of the molecule is CC(C)(C)NCCC(=O)Nc1c(F)c(F)c(F)c(F)c1F. The minimum atomic E-state index is -2.27. The zero-order valence-corrected chi connectivity index (χ0v) is 11.7. The molecule has 0 aliphatic carbocycles. The molecule has 0 bridgehead atoms. The van der Waals surface area contributed by atoms with E-state index in [-0.39, 0.29) is 18.5 Å². The highest BCUT2D eigenvalue weighted by Gasteiger charge is 2.26. The van der Waals surface area contributed by atoms with Gasteiger partial charge in [-0.15, -0.1) is 0 Å². The Balaban J connectivity index is 2.82. The van der Waals surface area contributed by atoms with Gasteiger partial charge in [0.2, 0.25) is 11.7 Å². The molecule has 1 aromatic carbocycles. The third-order valence-corrected chi connectivity index (χ3v) is 2.48. The Morgan fingerprint density at radius 3 is 1.76 bits per heavy atom. The summed E-state index contributed by atoms with van der Waals surface area (Å²) in [5, 5.41) is 4.64. The molecule has 8 heteroatoms. The van der Waals surface area contributed by atoms with Crippen LogP contribution in [0.4, 0.5) is 27.6 Å². The van der Waals surface area contributed by atoms with Gasteiger partial charge in [0.15, 0.2) is 23.3 Å². The zero-order valence-electron chi connectivity index (χ0n) is 11.7.